The van der Waals surface area contributed by atoms with Crippen LogP contribution >= 0.6 is 11.6 Å². The maximum absolute atomic E-state index is 12.4. The molecule has 28 heavy (non-hydrogen) atoms. The smallest absolute Gasteiger partial charge is 0.248 e. The van der Waals surface area contributed by atoms with Gasteiger partial charge in [-0.2, -0.15) is 0 Å². The molecule has 1 fully saturated rings. The number of imide groups is 1. The van der Waals surface area contributed by atoms with E-state index in [9.17, 15) is 14.4 Å². The van der Waals surface area contributed by atoms with Gasteiger partial charge >= 0.3 is 0 Å². The number of amides is 3. The molecule has 1 saturated heterocycles. The average Bonchev–Trinajstić information content (AvgIpc) is 2.69. The van der Waals surface area contributed by atoms with Crippen LogP contribution in [0.15, 0.2) is 54.6 Å². The molecule has 6 heteroatoms. The number of hydrogen-bond donors (Lipinski definition) is 2. The van der Waals surface area contributed by atoms with Crippen molar-refractivity contribution in [2.24, 2.45) is 0 Å². The summed E-state index contributed by atoms with van der Waals surface area (Å²) >= 11 is 5.84. The highest BCUT2D eigenvalue weighted by Crippen LogP contribution is 2.36. The summed E-state index contributed by atoms with van der Waals surface area (Å²) in [7, 11) is 0. The van der Waals surface area contributed by atoms with E-state index in [0.717, 1.165) is 11.1 Å². The summed E-state index contributed by atoms with van der Waals surface area (Å²) in [5.74, 6) is -0.742. The zero-order valence-electron chi connectivity index (χ0n) is 15.5. The highest BCUT2D eigenvalue weighted by atomic mass is 35.5. The second-order valence-electron chi connectivity index (χ2n) is 6.76. The van der Waals surface area contributed by atoms with Gasteiger partial charge < -0.3 is 5.32 Å². The maximum atomic E-state index is 12.4. The Bertz CT molecular complexity index is 920. The van der Waals surface area contributed by atoms with Crippen molar-refractivity contribution in [1.82, 2.24) is 5.32 Å². The van der Waals surface area contributed by atoms with Crippen LogP contribution in [-0.2, 0) is 19.8 Å². The minimum absolute atomic E-state index is 0.231. The first-order chi connectivity index (χ1) is 13.4. The number of benzene rings is 2. The number of rotatable bonds is 5. The molecule has 0 radical (unpaired) electrons. The van der Waals surface area contributed by atoms with Crippen molar-refractivity contribution >= 4 is 41.1 Å². The Morgan fingerprint density at radius 2 is 1.82 bits per heavy atom. The number of carbonyl (C=O) groups excluding carboxylic acids is 3. The number of hydrogen-bond acceptors (Lipinski definition) is 3. The molecular formula is C22H21ClN2O3. The van der Waals surface area contributed by atoms with Crippen molar-refractivity contribution in [3.05, 3.63) is 70.8 Å². The summed E-state index contributed by atoms with van der Waals surface area (Å²) in [6.07, 6.45) is 4.57. The van der Waals surface area contributed by atoms with E-state index < -0.39 is 5.41 Å². The molecule has 0 spiro atoms. The normalized spacial score (nSPS) is 19.5. The van der Waals surface area contributed by atoms with E-state index in [1.807, 2.05) is 31.2 Å². The molecular weight excluding hydrogens is 376 g/mol. The number of carbonyl (C=O) groups is 3. The second-order valence-corrected chi connectivity index (χ2v) is 7.20. The van der Waals surface area contributed by atoms with Crippen LogP contribution in [0, 0.1) is 0 Å². The third kappa shape index (κ3) is 4.31. The van der Waals surface area contributed by atoms with Crippen LogP contribution < -0.4 is 10.6 Å². The minimum Gasteiger partial charge on any atom is -0.323 e. The van der Waals surface area contributed by atoms with Crippen LogP contribution in [-0.4, -0.2) is 17.7 Å². The first-order valence-corrected chi connectivity index (χ1v) is 9.50. The van der Waals surface area contributed by atoms with Gasteiger partial charge in [-0.15, -0.1) is 0 Å². The number of halogens is 1. The lowest BCUT2D eigenvalue weighted by Gasteiger charge is -2.35. The van der Waals surface area contributed by atoms with Crippen LogP contribution in [0.1, 0.15) is 37.3 Å². The second kappa shape index (κ2) is 8.40. The SMILES string of the molecule is CCC1(c2ccc(NC(=O)/C=C/c3ccc(Cl)cc3)cc2)CCC(=O)NC1=O. The summed E-state index contributed by atoms with van der Waals surface area (Å²) in [6.45, 7) is 1.94. The Morgan fingerprint density at radius 3 is 2.43 bits per heavy atom. The molecule has 2 aromatic rings. The lowest BCUT2D eigenvalue weighted by Crippen LogP contribution is -2.51. The van der Waals surface area contributed by atoms with Crippen LogP contribution in [0.2, 0.25) is 5.02 Å². The van der Waals surface area contributed by atoms with Gasteiger partial charge in [-0.3, -0.25) is 19.7 Å². The fourth-order valence-corrected chi connectivity index (χ4v) is 3.49. The van der Waals surface area contributed by atoms with Crippen LogP contribution in [0.4, 0.5) is 5.69 Å². The number of piperidine rings is 1. The molecule has 144 valence electrons. The molecule has 0 bridgehead atoms. The van der Waals surface area contributed by atoms with Gasteiger partial charge in [0.05, 0.1) is 5.41 Å². The van der Waals surface area contributed by atoms with Gasteiger partial charge in [0.1, 0.15) is 0 Å². The lowest BCUT2D eigenvalue weighted by atomic mass is 9.72. The molecule has 1 aliphatic heterocycles. The summed E-state index contributed by atoms with van der Waals surface area (Å²) in [5, 5.41) is 5.87. The van der Waals surface area contributed by atoms with Gasteiger partial charge in [-0.05, 0) is 54.3 Å². The third-order valence-electron chi connectivity index (χ3n) is 5.07. The Kier molecular flexibility index (Phi) is 5.95. The van der Waals surface area contributed by atoms with Crippen molar-refractivity contribution < 1.29 is 14.4 Å². The highest BCUT2D eigenvalue weighted by Gasteiger charge is 2.42. The molecule has 3 amide bonds. The predicted octanol–water partition coefficient (Wildman–Crippen LogP) is 4.08. The topological polar surface area (TPSA) is 75.3 Å². The van der Waals surface area contributed by atoms with Crippen molar-refractivity contribution in [2.75, 3.05) is 5.32 Å². The summed E-state index contributed by atoms with van der Waals surface area (Å²) in [6, 6.07) is 14.4. The van der Waals surface area contributed by atoms with Gasteiger partial charge in [-0.1, -0.05) is 42.8 Å². The van der Waals surface area contributed by atoms with E-state index in [1.165, 1.54) is 6.08 Å². The Hall–Kier alpha value is -2.92. The van der Waals surface area contributed by atoms with E-state index in [0.29, 0.717) is 30.0 Å². The van der Waals surface area contributed by atoms with Crippen molar-refractivity contribution in [3.8, 4) is 0 Å². The molecule has 0 saturated carbocycles. The molecule has 1 heterocycles. The maximum Gasteiger partial charge on any atom is 0.248 e. The van der Waals surface area contributed by atoms with Gasteiger partial charge in [0.25, 0.3) is 0 Å². The Labute approximate surface area is 168 Å². The molecule has 0 aromatic heterocycles. The fraction of sp³-hybridized carbons (Fsp3) is 0.227. The van der Waals surface area contributed by atoms with Gasteiger partial charge in [0, 0.05) is 23.2 Å². The molecule has 2 N–H and O–H groups in total. The quantitative estimate of drug-likeness (QED) is 0.590. The lowest BCUT2D eigenvalue weighted by molar-refractivity contribution is -0.138. The monoisotopic (exact) mass is 396 g/mol. The van der Waals surface area contributed by atoms with E-state index in [-0.39, 0.29) is 17.7 Å². The highest BCUT2D eigenvalue weighted by molar-refractivity contribution is 6.30. The molecule has 1 unspecified atom stereocenters. The summed E-state index contributed by atoms with van der Waals surface area (Å²) < 4.78 is 0. The zero-order chi connectivity index (χ0) is 20.1. The van der Waals surface area contributed by atoms with Gasteiger partial charge in [0.15, 0.2) is 0 Å². The van der Waals surface area contributed by atoms with E-state index in [4.69, 9.17) is 11.6 Å². The van der Waals surface area contributed by atoms with Gasteiger partial charge in [-0.25, -0.2) is 0 Å². The zero-order valence-corrected chi connectivity index (χ0v) is 16.3. The predicted molar refractivity (Wildman–Crippen MR) is 110 cm³/mol. The average molecular weight is 397 g/mol. The van der Waals surface area contributed by atoms with Crippen LogP contribution in [0.5, 0.6) is 0 Å². The summed E-state index contributed by atoms with van der Waals surface area (Å²) in [5.41, 5.74) is 1.64. The van der Waals surface area contributed by atoms with Crippen LogP contribution in [0.25, 0.3) is 6.08 Å². The van der Waals surface area contributed by atoms with Crippen molar-refractivity contribution in [1.29, 1.82) is 0 Å². The van der Waals surface area contributed by atoms with E-state index >= 15 is 0 Å². The van der Waals surface area contributed by atoms with Crippen molar-refractivity contribution in [2.45, 2.75) is 31.6 Å². The standard InChI is InChI=1S/C22H21ClN2O3/c1-2-22(14-13-20(27)25-21(22)28)16-6-10-18(11-7-16)24-19(26)12-5-15-3-8-17(23)9-4-15/h3-12H,2,13-14H2,1H3,(H,24,26)(H,25,27,28)/b12-5+. The molecule has 5 nitrogen and oxygen atoms in total. The largest absolute Gasteiger partial charge is 0.323 e. The first-order valence-electron chi connectivity index (χ1n) is 9.12. The van der Waals surface area contributed by atoms with Crippen molar-refractivity contribution in [3.63, 3.8) is 0 Å². The third-order valence-corrected chi connectivity index (χ3v) is 5.32. The molecule has 3 rings (SSSR count). The first kappa shape index (κ1) is 19.8. The number of nitrogens with one attached hydrogen (secondary N) is 2. The molecule has 1 atom stereocenters. The van der Waals surface area contributed by atoms with E-state index in [2.05, 4.69) is 10.6 Å². The van der Waals surface area contributed by atoms with E-state index in [1.54, 1.807) is 30.3 Å². The van der Waals surface area contributed by atoms with Gasteiger partial charge in [0.2, 0.25) is 17.7 Å². The van der Waals surface area contributed by atoms with Crippen LogP contribution in [0.3, 0.4) is 0 Å². The number of anilines is 1. The Balaban J connectivity index is 1.68. The summed E-state index contributed by atoms with van der Waals surface area (Å²) in [4.78, 5) is 36.0. The molecule has 1 aliphatic rings. The fourth-order valence-electron chi connectivity index (χ4n) is 3.37. The minimum atomic E-state index is -0.703. The Morgan fingerprint density at radius 1 is 1.14 bits per heavy atom. The molecule has 0 aliphatic carbocycles. The molecule has 2 aromatic carbocycles.